The zero-order chi connectivity index (χ0) is 22.2. The van der Waals surface area contributed by atoms with Gasteiger partial charge in [-0.2, -0.15) is 0 Å². The smallest absolute Gasteiger partial charge is 0.321 e. The molecule has 1 amide bonds. The lowest BCUT2D eigenvalue weighted by atomic mass is 9.99. The first-order chi connectivity index (χ1) is 15.5. The van der Waals surface area contributed by atoms with Gasteiger partial charge in [-0.05, 0) is 23.8 Å². The maximum atomic E-state index is 13.8. The van der Waals surface area contributed by atoms with E-state index in [4.69, 9.17) is 4.74 Å². The zero-order valence-electron chi connectivity index (χ0n) is 16.8. The van der Waals surface area contributed by atoms with Crippen molar-refractivity contribution in [2.75, 3.05) is 5.32 Å². The highest BCUT2D eigenvalue weighted by Crippen LogP contribution is 2.41. The van der Waals surface area contributed by atoms with Crippen LogP contribution in [0.4, 0.5) is 10.1 Å². The number of aromatic nitrogens is 2. The van der Waals surface area contributed by atoms with E-state index < -0.39 is 17.8 Å². The molecular formula is C23H19FN4O4. The Morgan fingerprint density at radius 2 is 2.12 bits per heavy atom. The number of rotatable bonds is 6. The number of hydrogen-bond acceptors (Lipinski definition) is 5. The van der Waals surface area contributed by atoms with Crippen LogP contribution >= 0.6 is 0 Å². The Labute approximate surface area is 182 Å². The fourth-order valence-corrected chi connectivity index (χ4v) is 4.00. The van der Waals surface area contributed by atoms with E-state index in [1.807, 2.05) is 18.2 Å². The molecule has 9 heteroatoms. The van der Waals surface area contributed by atoms with Crippen LogP contribution in [0.25, 0.3) is 11.3 Å². The summed E-state index contributed by atoms with van der Waals surface area (Å²) in [5.41, 5.74) is 4.61. The summed E-state index contributed by atoms with van der Waals surface area (Å²) in [7, 11) is 0. The van der Waals surface area contributed by atoms with Crippen molar-refractivity contribution in [1.29, 1.82) is 0 Å². The monoisotopic (exact) mass is 434 g/mol. The first-order valence-corrected chi connectivity index (χ1v) is 10.0. The molecule has 162 valence electrons. The number of hydrogen-bond donors (Lipinski definition) is 4. The molecule has 1 atom stereocenters. The number of halogens is 1. The van der Waals surface area contributed by atoms with E-state index >= 15 is 0 Å². The topological polar surface area (TPSA) is 116 Å². The van der Waals surface area contributed by atoms with E-state index in [9.17, 15) is 19.1 Å². The predicted molar refractivity (Wildman–Crippen MR) is 114 cm³/mol. The van der Waals surface area contributed by atoms with Crippen molar-refractivity contribution in [3.05, 3.63) is 82.7 Å². The number of nitrogens with zero attached hydrogens (tertiary/aromatic N) is 1. The quantitative estimate of drug-likeness (QED) is 0.444. The Morgan fingerprint density at radius 3 is 2.91 bits per heavy atom. The second-order valence-corrected chi connectivity index (χ2v) is 7.68. The highest BCUT2D eigenvalue weighted by atomic mass is 19.1. The Morgan fingerprint density at radius 1 is 1.25 bits per heavy atom. The number of H-pyrrole nitrogens is 1. The molecule has 1 unspecified atom stereocenters. The predicted octanol–water partition coefficient (Wildman–Crippen LogP) is 2.68. The number of anilines is 1. The number of ether oxygens (including phenoxy) is 1. The van der Waals surface area contributed by atoms with Gasteiger partial charge in [0.05, 0.1) is 11.9 Å². The van der Waals surface area contributed by atoms with Gasteiger partial charge in [-0.25, -0.2) is 9.37 Å². The molecule has 0 saturated carbocycles. The second kappa shape index (κ2) is 7.93. The van der Waals surface area contributed by atoms with Gasteiger partial charge in [0.15, 0.2) is 0 Å². The first kappa shape index (κ1) is 20.0. The van der Waals surface area contributed by atoms with Crippen LogP contribution in [-0.2, 0) is 33.9 Å². The first-order valence-electron chi connectivity index (χ1n) is 10.0. The van der Waals surface area contributed by atoms with Gasteiger partial charge in [-0.3, -0.25) is 14.9 Å². The number of carbonyl (C=O) groups is 2. The minimum atomic E-state index is -0.950. The largest absolute Gasteiger partial charge is 0.487 e. The SMILES string of the molecule is O=C1Nc2ccc(F)cc2C1=C1OCc2cc(CNC(Cc3cnc[nH]3)C(=O)O)ccc21. The summed E-state index contributed by atoms with van der Waals surface area (Å²) in [6.45, 7) is 0.620. The van der Waals surface area contributed by atoms with Crippen molar-refractivity contribution in [3.8, 4) is 0 Å². The normalized spacial score (nSPS) is 17.5. The van der Waals surface area contributed by atoms with Gasteiger partial charge in [-0.1, -0.05) is 18.2 Å². The molecule has 2 aromatic carbocycles. The molecule has 1 aromatic heterocycles. The third-order valence-corrected chi connectivity index (χ3v) is 5.57. The molecule has 0 bridgehead atoms. The summed E-state index contributed by atoms with van der Waals surface area (Å²) >= 11 is 0. The number of benzene rings is 2. The van der Waals surface area contributed by atoms with Gasteiger partial charge < -0.3 is 20.1 Å². The van der Waals surface area contributed by atoms with Crippen molar-refractivity contribution in [1.82, 2.24) is 15.3 Å². The molecule has 8 nitrogen and oxygen atoms in total. The molecule has 2 aliphatic rings. The van der Waals surface area contributed by atoms with Gasteiger partial charge in [0, 0.05) is 47.2 Å². The van der Waals surface area contributed by atoms with Crippen LogP contribution in [0.3, 0.4) is 0 Å². The Balaban J connectivity index is 1.38. The number of aromatic amines is 1. The summed E-state index contributed by atoms with van der Waals surface area (Å²) in [5, 5.41) is 15.3. The summed E-state index contributed by atoms with van der Waals surface area (Å²) in [6.07, 6.45) is 3.39. The van der Waals surface area contributed by atoms with E-state index in [1.54, 1.807) is 6.20 Å². The second-order valence-electron chi connectivity index (χ2n) is 7.68. The van der Waals surface area contributed by atoms with Crippen molar-refractivity contribution in [3.63, 3.8) is 0 Å². The van der Waals surface area contributed by atoms with Crippen molar-refractivity contribution < 1.29 is 23.8 Å². The van der Waals surface area contributed by atoms with Crippen LogP contribution in [-0.4, -0.2) is 33.0 Å². The van der Waals surface area contributed by atoms with Crippen LogP contribution in [0.2, 0.25) is 0 Å². The molecule has 0 fully saturated rings. The van der Waals surface area contributed by atoms with E-state index in [0.717, 1.165) is 22.4 Å². The van der Waals surface area contributed by atoms with Crippen LogP contribution in [0.5, 0.6) is 0 Å². The van der Waals surface area contributed by atoms with Crippen LogP contribution in [0.1, 0.15) is 27.9 Å². The van der Waals surface area contributed by atoms with E-state index in [2.05, 4.69) is 20.6 Å². The molecule has 0 radical (unpaired) electrons. The minimum Gasteiger partial charge on any atom is -0.487 e. The summed E-state index contributed by atoms with van der Waals surface area (Å²) in [6, 6.07) is 9.00. The lowest BCUT2D eigenvalue weighted by molar-refractivity contribution is -0.139. The summed E-state index contributed by atoms with van der Waals surface area (Å²) < 4.78 is 19.6. The standard InChI is InChI=1S/C23H19FN4O4/c24-14-2-4-18-17(6-14)20(22(29)28-18)21-16-3-1-12(5-13(16)10-32-21)8-26-19(23(30)31)7-15-9-25-11-27-15/h1-6,9,11,19,26H,7-8,10H2,(H,25,27)(H,28,29)(H,30,31). The summed E-state index contributed by atoms with van der Waals surface area (Å²) in [4.78, 5) is 30.9. The van der Waals surface area contributed by atoms with Crippen molar-refractivity contribution in [2.24, 2.45) is 0 Å². The van der Waals surface area contributed by atoms with Crippen LogP contribution < -0.4 is 10.6 Å². The third kappa shape index (κ3) is 3.63. The maximum absolute atomic E-state index is 13.8. The molecule has 32 heavy (non-hydrogen) atoms. The number of carbonyl (C=O) groups excluding carboxylic acids is 1. The lowest BCUT2D eigenvalue weighted by Gasteiger charge is -2.14. The molecule has 0 saturated heterocycles. The molecule has 0 aliphatic carbocycles. The summed E-state index contributed by atoms with van der Waals surface area (Å²) in [5.74, 6) is -1.29. The molecule has 3 aromatic rings. The van der Waals surface area contributed by atoms with Crippen molar-refractivity contribution in [2.45, 2.75) is 25.6 Å². The maximum Gasteiger partial charge on any atom is 0.321 e. The third-order valence-electron chi connectivity index (χ3n) is 5.57. The van der Waals surface area contributed by atoms with Gasteiger partial charge in [-0.15, -0.1) is 0 Å². The lowest BCUT2D eigenvalue weighted by Crippen LogP contribution is -2.38. The van der Waals surface area contributed by atoms with Gasteiger partial charge in [0.25, 0.3) is 5.91 Å². The van der Waals surface area contributed by atoms with E-state index in [0.29, 0.717) is 29.1 Å². The van der Waals surface area contributed by atoms with Gasteiger partial charge in [0.1, 0.15) is 24.2 Å². The number of aliphatic carboxylic acids is 1. The molecule has 2 aliphatic heterocycles. The van der Waals surface area contributed by atoms with Crippen LogP contribution in [0.15, 0.2) is 48.9 Å². The molecular weight excluding hydrogens is 415 g/mol. The Bertz CT molecular complexity index is 1250. The van der Waals surface area contributed by atoms with E-state index in [1.165, 1.54) is 24.5 Å². The number of carboxylic acids is 1. The van der Waals surface area contributed by atoms with Crippen LogP contribution in [0, 0.1) is 5.82 Å². The van der Waals surface area contributed by atoms with E-state index in [-0.39, 0.29) is 18.9 Å². The molecule has 5 rings (SSSR count). The molecule has 0 spiro atoms. The average molecular weight is 434 g/mol. The minimum absolute atomic E-state index is 0.274. The average Bonchev–Trinajstić information content (AvgIpc) is 3.49. The van der Waals surface area contributed by atoms with Gasteiger partial charge in [0.2, 0.25) is 0 Å². The zero-order valence-corrected chi connectivity index (χ0v) is 16.8. The fourth-order valence-electron chi connectivity index (χ4n) is 4.00. The number of carboxylic acid groups (broad SMARTS) is 1. The fraction of sp³-hybridized carbons (Fsp3) is 0.174. The number of amides is 1. The molecule has 3 heterocycles. The number of fused-ring (bicyclic) bond motifs is 2. The highest BCUT2D eigenvalue weighted by molar-refractivity contribution is 6.36. The van der Waals surface area contributed by atoms with Gasteiger partial charge >= 0.3 is 5.97 Å². The number of imidazole rings is 1. The highest BCUT2D eigenvalue weighted by Gasteiger charge is 2.32. The molecule has 4 N–H and O–H groups in total. The Hall–Kier alpha value is -3.98. The Kier molecular flexibility index (Phi) is 4.95. The number of nitrogens with one attached hydrogen (secondary N) is 3. The van der Waals surface area contributed by atoms with Crippen molar-refractivity contribution >= 4 is 28.9 Å².